The van der Waals surface area contributed by atoms with Crippen LogP contribution >= 0.6 is 11.6 Å². The van der Waals surface area contributed by atoms with E-state index in [1.807, 2.05) is 31.2 Å². The quantitative estimate of drug-likeness (QED) is 0.514. The lowest BCUT2D eigenvalue weighted by atomic mass is 10.1. The molecule has 1 saturated heterocycles. The van der Waals surface area contributed by atoms with E-state index in [2.05, 4.69) is 10.2 Å². The van der Waals surface area contributed by atoms with Gasteiger partial charge in [-0.2, -0.15) is 0 Å². The van der Waals surface area contributed by atoms with Crippen molar-refractivity contribution >= 4 is 45.9 Å². The molecule has 7 nitrogen and oxygen atoms in total. The Morgan fingerprint density at radius 2 is 1.88 bits per heavy atom. The molecule has 2 aromatic carbocycles. The van der Waals surface area contributed by atoms with Crippen molar-refractivity contribution in [3.05, 3.63) is 58.6 Å². The molecule has 3 aromatic rings. The number of nitrogens with zero attached hydrogens (tertiary/aromatic N) is 2. The lowest BCUT2D eigenvalue weighted by Gasteiger charge is -2.21. The van der Waals surface area contributed by atoms with Crippen molar-refractivity contribution in [2.24, 2.45) is 0 Å². The minimum Gasteiger partial charge on any atom is -0.495 e. The fourth-order valence-electron chi connectivity index (χ4n) is 3.87. The molecular weight excluding hydrogens is 442 g/mol. The number of carbonyl (C=O) groups excluding carboxylic acids is 2. The first-order valence-electron chi connectivity index (χ1n) is 10.9. The van der Waals surface area contributed by atoms with Crippen molar-refractivity contribution < 1.29 is 19.1 Å². The van der Waals surface area contributed by atoms with Gasteiger partial charge in [0.2, 0.25) is 0 Å². The molecule has 1 aliphatic heterocycles. The van der Waals surface area contributed by atoms with Crippen molar-refractivity contribution in [2.75, 3.05) is 30.4 Å². The topological polar surface area (TPSA) is 80.8 Å². The van der Waals surface area contributed by atoms with Gasteiger partial charge in [-0.25, -0.2) is 9.78 Å². The molecule has 0 spiro atoms. The van der Waals surface area contributed by atoms with E-state index in [1.54, 1.807) is 18.2 Å². The molecule has 0 bridgehead atoms. The number of para-hydroxylation sites is 1. The summed E-state index contributed by atoms with van der Waals surface area (Å²) in [5.74, 6) is -0.0387. The van der Waals surface area contributed by atoms with Gasteiger partial charge >= 0.3 is 5.97 Å². The lowest BCUT2D eigenvalue weighted by Crippen LogP contribution is -2.31. The third kappa shape index (κ3) is 4.88. The van der Waals surface area contributed by atoms with E-state index < -0.39 is 18.0 Å². The highest BCUT2D eigenvalue weighted by molar-refractivity contribution is 6.31. The number of methoxy groups -OCH3 is 1. The standard InChI is InChI=1S/C25H26ClN3O4/c1-15-12-21(22(32-3)14-19(15)26)28-24(30)16(2)33-25(31)18-13-17-8-4-5-9-20(17)27-23(18)29-10-6-7-11-29/h4-5,8-9,12-14,16H,6-7,10-11H2,1-3H3,(H,28,30). The van der Waals surface area contributed by atoms with Crippen LogP contribution in [0.4, 0.5) is 11.5 Å². The molecule has 0 aliphatic carbocycles. The SMILES string of the molecule is COc1cc(Cl)c(C)cc1NC(=O)C(C)OC(=O)c1cc2ccccc2nc1N1CCCC1. The van der Waals surface area contributed by atoms with E-state index in [-0.39, 0.29) is 0 Å². The summed E-state index contributed by atoms with van der Waals surface area (Å²) in [4.78, 5) is 32.8. The number of ether oxygens (including phenoxy) is 2. The first-order chi connectivity index (χ1) is 15.9. The first-order valence-corrected chi connectivity index (χ1v) is 11.3. The normalized spacial score (nSPS) is 14.2. The number of hydrogen-bond donors (Lipinski definition) is 1. The van der Waals surface area contributed by atoms with Gasteiger partial charge in [0.1, 0.15) is 17.1 Å². The molecule has 2 heterocycles. The summed E-state index contributed by atoms with van der Waals surface area (Å²) in [5, 5.41) is 4.13. The zero-order valence-corrected chi connectivity index (χ0v) is 19.6. The summed E-state index contributed by atoms with van der Waals surface area (Å²) in [6.45, 7) is 5.02. The van der Waals surface area contributed by atoms with Crippen LogP contribution < -0.4 is 15.0 Å². The van der Waals surface area contributed by atoms with E-state index in [1.165, 1.54) is 14.0 Å². The number of hydrogen-bond acceptors (Lipinski definition) is 6. The van der Waals surface area contributed by atoms with Crippen LogP contribution in [0.1, 0.15) is 35.7 Å². The smallest absolute Gasteiger partial charge is 0.342 e. The monoisotopic (exact) mass is 467 g/mol. The highest BCUT2D eigenvalue weighted by Crippen LogP contribution is 2.31. The Labute approximate surface area is 197 Å². The van der Waals surface area contributed by atoms with Crippen LogP contribution in [0.25, 0.3) is 10.9 Å². The van der Waals surface area contributed by atoms with E-state index in [0.717, 1.165) is 42.4 Å². The highest BCUT2D eigenvalue weighted by atomic mass is 35.5. The van der Waals surface area contributed by atoms with E-state index in [4.69, 9.17) is 26.1 Å². The lowest BCUT2D eigenvalue weighted by molar-refractivity contribution is -0.123. The second-order valence-corrected chi connectivity index (χ2v) is 8.49. The maximum absolute atomic E-state index is 13.1. The Morgan fingerprint density at radius 3 is 2.61 bits per heavy atom. The molecule has 1 amide bonds. The van der Waals surface area contributed by atoms with Gasteiger partial charge in [-0.1, -0.05) is 29.8 Å². The second kappa shape index (κ2) is 9.67. The van der Waals surface area contributed by atoms with Gasteiger partial charge in [0.05, 0.1) is 18.3 Å². The molecule has 33 heavy (non-hydrogen) atoms. The van der Waals surface area contributed by atoms with Crippen molar-refractivity contribution in [1.82, 2.24) is 4.98 Å². The predicted molar refractivity (Wildman–Crippen MR) is 129 cm³/mol. The summed E-state index contributed by atoms with van der Waals surface area (Å²) in [6.07, 6.45) is 1.06. The van der Waals surface area contributed by atoms with Crippen LogP contribution in [0.5, 0.6) is 5.75 Å². The molecule has 0 radical (unpaired) electrons. The minimum absolute atomic E-state index is 0.357. The molecule has 1 atom stereocenters. The van der Waals surface area contributed by atoms with Crippen molar-refractivity contribution in [1.29, 1.82) is 0 Å². The number of halogens is 1. The molecule has 1 aromatic heterocycles. The van der Waals surface area contributed by atoms with Crippen molar-refractivity contribution in [3.63, 3.8) is 0 Å². The molecule has 0 saturated carbocycles. The average Bonchev–Trinajstić information content (AvgIpc) is 3.35. The van der Waals surface area contributed by atoms with Crippen LogP contribution in [0.3, 0.4) is 0 Å². The number of benzene rings is 2. The number of rotatable bonds is 6. The Morgan fingerprint density at radius 1 is 1.15 bits per heavy atom. The van der Waals surface area contributed by atoms with Crippen LogP contribution in [-0.2, 0) is 9.53 Å². The molecule has 8 heteroatoms. The van der Waals surface area contributed by atoms with Crippen LogP contribution in [0, 0.1) is 6.92 Å². The highest BCUT2D eigenvalue weighted by Gasteiger charge is 2.26. The van der Waals surface area contributed by atoms with Crippen LogP contribution in [0.2, 0.25) is 5.02 Å². The van der Waals surface area contributed by atoms with Gasteiger partial charge in [0.25, 0.3) is 5.91 Å². The van der Waals surface area contributed by atoms with Gasteiger partial charge in [0.15, 0.2) is 6.10 Å². The van der Waals surface area contributed by atoms with E-state index in [0.29, 0.717) is 27.8 Å². The predicted octanol–water partition coefficient (Wildman–Crippen LogP) is 4.99. The summed E-state index contributed by atoms with van der Waals surface area (Å²) < 4.78 is 10.9. The Kier molecular flexibility index (Phi) is 6.70. The molecule has 1 unspecified atom stereocenters. The summed E-state index contributed by atoms with van der Waals surface area (Å²) in [7, 11) is 1.49. The van der Waals surface area contributed by atoms with Crippen LogP contribution in [-0.4, -0.2) is 43.2 Å². The van der Waals surface area contributed by atoms with Gasteiger partial charge in [-0.05, 0) is 50.5 Å². The molecular formula is C25H26ClN3O4. The number of carbonyl (C=O) groups is 2. The zero-order chi connectivity index (χ0) is 23.5. The molecule has 4 rings (SSSR count). The van der Waals surface area contributed by atoms with E-state index >= 15 is 0 Å². The Balaban J connectivity index is 1.56. The number of aryl methyl sites for hydroxylation is 1. The summed E-state index contributed by atoms with van der Waals surface area (Å²) in [6, 6.07) is 12.8. The number of aromatic nitrogens is 1. The van der Waals surface area contributed by atoms with Gasteiger partial charge < -0.3 is 19.7 Å². The maximum atomic E-state index is 13.1. The first kappa shape index (κ1) is 22.9. The van der Waals surface area contributed by atoms with Gasteiger partial charge in [0, 0.05) is 29.6 Å². The fraction of sp³-hybridized carbons (Fsp3) is 0.320. The average molecular weight is 468 g/mol. The molecule has 172 valence electrons. The largest absolute Gasteiger partial charge is 0.495 e. The third-order valence-electron chi connectivity index (χ3n) is 5.72. The third-order valence-corrected chi connectivity index (χ3v) is 6.13. The van der Waals surface area contributed by atoms with Gasteiger partial charge in [-0.15, -0.1) is 0 Å². The number of esters is 1. The Hall–Kier alpha value is -3.32. The number of fused-ring (bicyclic) bond motifs is 1. The summed E-state index contributed by atoms with van der Waals surface area (Å²) >= 11 is 6.14. The number of nitrogens with one attached hydrogen (secondary N) is 1. The minimum atomic E-state index is -1.03. The number of anilines is 2. The van der Waals surface area contributed by atoms with Crippen molar-refractivity contribution in [3.8, 4) is 5.75 Å². The Bertz CT molecular complexity index is 1210. The molecule has 1 aliphatic rings. The maximum Gasteiger partial charge on any atom is 0.342 e. The molecule has 1 fully saturated rings. The van der Waals surface area contributed by atoms with Crippen LogP contribution in [0.15, 0.2) is 42.5 Å². The van der Waals surface area contributed by atoms with E-state index in [9.17, 15) is 9.59 Å². The number of amides is 1. The zero-order valence-electron chi connectivity index (χ0n) is 18.9. The van der Waals surface area contributed by atoms with Crippen molar-refractivity contribution in [2.45, 2.75) is 32.8 Å². The molecule has 1 N–H and O–H groups in total. The summed E-state index contributed by atoms with van der Waals surface area (Å²) in [5.41, 5.74) is 2.41. The second-order valence-electron chi connectivity index (χ2n) is 8.08. The number of pyridine rings is 1. The fourth-order valence-corrected chi connectivity index (χ4v) is 4.02. The van der Waals surface area contributed by atoms with Gasteiger partial charge in [-0.3, -0.25) is 4.79 Å².